The molecule has 2 aromatic heterocycles. The van der Waals surface area contributed by atoms with Crippen LogP contribution < -0.4 is 0 Å². The standard InChI is InChI=1S/C26H29Cl3N10/c27-22-8-5-18(6-9-22)25(38-32-16-30-34-38)20-3-1-11-36(14-20)37-12-2-4-21(15-37)26(39-33-17-31-35-39)19-7-10-23(28)24(29)13-19/h5-10,13,16-17,20-21,25-26H,1-4,11-12,14-15H2/t20-,21+,25?,26?/m1/s1. The second-order valence-corrected chi connectivity index (χ2v) is 11.5. The number of piperidine rings is 2. The van der Waals surface area contributed by atoms with Crippen molar-refractivity contribution in [2.45, 2.75) is 37.8 Å². The molecule has 2 saturated heterocycles. The third kappa shape index (κ3) is 5.81. The van der Waals surface area contributed by atoms with Crippen LogP contribution in [0.2, 0.25) is 15.1 Å². The van der Waals surface area contributed by atoms with Gasteiger partial charge in [-0.3, -0.25) is 0 Å². The molecule has 10 nitrogen and oxygen atoms in total. The fraction of sp³-hybridized carbons (Fsp3) is 0.462. The Morgan fingerprint density at radius 3 is 1.72 bits per heavy atom. The highest BCUT2D eigenvalue weighted by Crippen LogP contribution is 2.37. The lowest BCUT2D eigenvalue weighted by molar-refractivity contribution is -0.0888. The van der Waals surface area contributed by atoms with E-state index >= 15 is 0 Å². The molecule has 4 aromatic rings. The lowest BCUT2D eigenvalue weighted by Gasteiger charge is -2.46. The van der Waals surface area contributed by atoms with Gasteiger partial charge in [-0.2, -0.15) is 9.59 Å². The molecule has 0 N–H and O–H groups in total. The van der Waals surface area contributed by atoms with Crippen LogP contribution in [0.25, 0.3) is 0 Å². The van der Waals surface area contributed by atoms with Crippen molar-refractivity contribution in [2.75, 3.05) is 26.2 Å². The molecule has 0 spiro atoms. The fourth-order valence-corrected chi connectivity index (χ4v) is 6.59. The zero-order valence-corrected chi connectivity index (χ0v) is 23.5. The number of benzene rings is 2. The van der Waals surface area contributed by atoms with Crippen LogP contribution in [0.3, 0.4) is 0 Å². The first-order chi connectivity index (χ1) is 19.1. The highest BCUT2D eigenvalue weighted by Gasteiger charge is 2.37. The summed E-state index contributed by atoms with van der Waals surface area (Å²) in [4.78, 5) is 3.45. The Labute approximate surface area is 241 Å². The maximum atomic E-state index is 6.42. The number of rotatable bonds is 7. The van der Waals surface area contributed by atoms with Gasteiger partial charge in [0.1, 0.15) is 12.1 Å². The summed E-state index contributed by atoms with van der Waals surface area (Å²) in [6, 6.07) is 13.7. The van der Waals surface area contributed by atoms with Gasteiger partial charge in [-0.25, -0.2) is 10.0 Å². The maximum absolute atomic E-state index is 6.42. The average Bonchev–Trinajstić information content (AvgIpc) is 3.68. The van der Waals surface area contributed by atoms with E-state index in [0.717, 1.165) is 63.0 Å². The minimum atomic E-state index is -0.0909. The van der Waals surface area contributed by atoms with E-state index in [1.165, 1.54) is 12.7 Å². The highest BCUT2D eigenvalue weighted by molar-refractivity contribution is 6.42. The van der Waals surface area contributed by atoms with E-state index in [1.54, 1.807) is 9.59 Å². The third-order valence-corrected chi connectivity index (χ3v) is 8.88. The summed E-state index contributed by atoms with van der Waals surface area (Å²) in [7, 11) is 0. The molecule has 39 heavy (non-hydrogen) atoms. The number of hydrogen-bond donors (Lipinski definition) is 0. The molecule has 0 aliphatic carbocycles. The largest absolute Gasteiger partial charge is 0.241 e. The molecule has 13 heteroatoms. The van der Waals surface area contributed by atoms with E-state index in [1.807, 2.05) is 30.3 Å². The predicted molar refractivity (Wildman–Crippen MR) is 148 cm³/mol. The topological polar surface area (TPSA) is 93.7 Å². The van der Waals surface area contributed by atoms with Gasteiger partial charge in [0.2, 0.25) is 0 Å². The van der Waals surface area contributed by atoms with E-state index in [-0.39, 0.29) is 18.0 Å². The van der Waals surface area contributed by atoms with Crippen LogP contribution in [0.4, 0.5) is 0 Å². The quantitative estimate of drug-likeness (QED) is 0.303. The number of halogens is 3. The first-order valence-electron chi connectivity index (χ1n) is 13.2. The highest BCUT2D eigenvalue weighted by atomic mass is 35.5. The minimum absolute atomic E-state index is 0.0172. The molecule has 2 aliphatic rings. The molecular weight excluding hydrogens is 559 g/mol. The molecule has 0 amide bonds. The first kappa shape index (κ1) is 26.6. The lowest BCUT2D eigenvalue weighted by atomic mass is 9.86. The number of nitrogens with zero attached hydrogens (tertiary/aromatic N) is 10. The summed E-state index contributed by atoms with van der Waals surface area (Å²) in [6.07, 6.45) is 7.28. The predicted octanol–water partition coefficient (Wildman–Crippen LogP) is 4.84. The summed E-state index contributed by atoms with van der Waals surface area (Å²) >= 11 is 18.8. The van der Waals surface area contributed by atoms with Crippen molar-refractivity contribution in [3.63, 3.8) is 0 Å². The summed E-state index contributed by atoms with van der Waals surface area (Å²) in [5.74, 6) is 0.590. The monoisotopic (exact) mass is 586 g/mol. The van der Waals surface area contributed by atoms with Crippen LogP contribution in [0.5, 0.6) is 0 Å². The fourth-order valence-electron chi connectivity index (χ4n) is 6.16. The molecule has 2 unspecified atom stereocenters. The zero-order valence-electron chi connectivity index (χ0n) is 21.3. The number of hydrazine groups is 1. The molecule has 2 aromatic carbocycles. The van der Waals surface area contributed by atoms with Crippen LogP contribution >= 0.6 is 34.8 Å². The van der Waals surface area contributed by atoms with Crippen LogP contribution in [0.15, 0.2) is 55.1 Å². The molecule has 2 aliphatic heterocycles. The van der Waals surface area contributed by atoms with E-state index < -0.39 is 0 Å². The van der Waals surface area contributed by atoms with E-state index in [0.29, 0.717) is 21.0 Å². The maximum Gasteiger partial charge on any atom is 0.162 e. The SMILES string of the molecule is Clc1ccc(C([C@@H]2CCCN(N3CCC[C@H](C(c4ccc(Cl)c(Cl)c4)n4ncnn4)C3)C2)n2ncnn2)cc1. The molecule has 2 fully saturated rings. The van der Waals surface area contributed by atoms with Crippen LogP contribution in [0.1, 0.15) is 48.9 Å². The molecule has 6 rings (SSSR count). The van der Waals surface area contributed by atoms with Crippen molar-refractivity contribution in [2.24, 2.45) is 11.8 Å². The van der Waals surface area contributed by atoms with Gasteiger partial charge < -0.3 is 0 Å². The number of tetrazole rings is 2. The van der Waals surface area contributed by atoms with Gasteiger partial charge in [-0.15, -0.1) is 20.4 Å². The van der Waals surface area contributed by atoms with Gasteiger partial charge in [0.25, 0.3) is 0 Å². The van der Waals surface area contributed by atoms with Crippen LogP contribution in [0, 0.1) is 11.8 Å². The van der Waals surface area contributed by atoms with Gasteiger partial charge in [-0.1, -0.05) is 53.0 Å². The molecule has 0 bridgehead atoms. The van der Waals surface area contributed by atoms with Gasteiger partial charge in [-0.05, 0) is 71.5 Å². The molecular formula is C26H29Cl3N10. The Kier molecular flexibility index (Phi) is 8.08. The summed E-state index contributed by atoms with van der Waals surface area (Å²) in [6.45, 7) is 3.81. The van der Waals surface area contributed by atoms with Crippen LogP contribution in [-0.2, 0) is 0 Å². The second kappa shape index (κ2) is 11.9. The Morgan fingerprint density at radius 2 is 1.21 bits per heavy atom. The minimum Gasteiger partial charge on any atom is -0.241 e. The van der Waals surface area contributed by atoms with Crippen molar-refractivity contribution in [1.29, 1.82) is 0 Å². The van der Waals surface area contributed by atoms with E-state index in [2.05, 4.69) is 53.0 Å². The Bertz CT molecular complexity index is 1350. The van der Waals surface area contributed by atoms with Crippen molar-refractivity contribution < 1.29 is 0 Å². The third-order valence-electron chi connectivity index (χ3n) is 7.89. The zero-order chi connectivity index (χ0) is 26.8. The lowest BCUT2D eigenvalue weighted by Crippen LogP contribution is -2.53. The van der Waals surface area contributed by atoms with E-state index in [9.17, 15) is 0 Å². The summed E-state index contributed by atoms with van der Waals surface area (Å²) in [5.41, 5.74) is 2.17. The van der Waals surface area contributed by atoms with Gasteiger partial charge in [0.15, 0.2) is 12.7 Å². The molecule has 0 radical (unpaired) electrons. The van der Waals surface area contributed by atoms with Gasteiger partial charge >= 0.3 is 0 Å². The second-order valence-electron chi connectivity index (χ2n) is 10.3. The smallest absolute Gasteiger partial charge is 0.162 e. The van der Waals surface area contributed by atoms with Crippen LogP contribution in [-0.4, -0.2) is 76.6 Å². The Hall–Kier alpha value is -2.63. The molecule has 4 heterocycles. The first-order valence-corrected chi connectivity index (χ1v) is 14.4. The summed E-state index contributed by atoms with van der Waals surface area (Å²) in [5, 5.41) is 32.2. The van der Waals surface area contributed by atoms with Gasteiger partial charge in [0, 0.05) is 43.0 Å². The number of aromatic nitrogens is 8. The van der Waals surface area contributed by atoms with E-state index in [4.69, 9.17) is 34.8 Å². The normalized spacial score (nSPS) is 22.5. The molecule has 4 atom stereocenters. The van der Waals surface area contributed by atoms with Crippen molar-refractivity contribution in [3.05, 3.63) is 81.3 Å². The Morgan fingerprint density at radius 1 is 0.667 bits per heavy atom. The number of hydrogen-bond acceptors (Lipinski definition) is 8. The van der Waals surface area contributed by atoms with Gasteiger partial charge in [0.05, 0.1) is 10.0 Å². The average molecular weight is 588 g/mol. The van der Waals surface area contributed by atoms with Crippen molar-refractivity contribution in [3.8, 4) is 0 Å². The molecule has 204 valence electrons. The molecule has 0 saturated carbocycles. The Balaban J connectivity index is 1.23. The van der Waals surface area contributed by atoms with Crippen molar-refractivity contribution >= 4 is 34.8 Å². The summed E-state index contributed by atoms with van der Waals surface area (Å²) < 4.78 is 0. The van der Waals surface area contributed by atoms with Crippen molar-refractivity contribution in [1.82, 2.24) is 50.4 Å².